The van der Waals surface area contributed by atoms with Gasteiger partial charge in [-0.05, 0) is 0 Å². The van der Waals surface area contributed by atoms with Gasteiger partial charge in [0, 0.05) is 0 Å². The maximum absolute atomic E-state index is 9.69. The summed E-state index contributed by atoms with van der Waals surface area (Å²) in [6.45, 7) is 0. The summed E-state index contributed by atoms with van der Waals surface area (Å²) in [5.41, 5.74) is 0. The molecule has 0 aliphatic carbocycles. The summed E-state index contributed by atoms with van der Waals surface area (Å²) >= 11 is 0. The molecular weight excluding hydrogens is 119 g/mol. The molecule has 0 spiro atoms. The van der Waals surface area contributed by atoms with Crippen molar-refractivity contribution >= 4 is 0 Å². The minimum Gasteiger partial charge on any atom is -0.255 e. The first kappa shape index (κ1) is 9.82. The van der Waals surface area contributed by atoms with E-state index in [0.29, 0.717) is 7.18 Å². The normalized spacial score (nSPS) is 9.43. The van der Waals surface area contributed by atoms with Crippen molar-refractivity contribution in [1.82, 2.24) is 0 Å². The molecule has 0 atom stereocenters. The zero-order valence-electron chi connectivity index (χ0n) is 3.39. The van der Waals surface area contributed by atoms with E-state index in [1.165, 1.54) is 0 Å². The van der Waals surface area contributed by atoms with Crippen LogP contribution in [0, 0.1) is 0 Å². The number of rotatable bonds is 0. The number of alkyl halides is 5. The fraction of sp³-hybridized carbons (Fsp3) is 1.00. The number of hydrogen-bond donors (Lipinski definition) is 0. The third kappa shape index (κ3) is 614. The van der Waals surface area contributed by atoms with Crippen LogP contribution in [0.1, 0.15) is 0 Å². The fourth-order valence-electron chi connectivity index (χ4n) is 0. The second-order valence-electron chi connectivity index (χ2n) is 0.429. The van der Waals surface area contributed by atoms with E-state index in [1.807, 2.05) is 0 Å². The largest absolute Gasteiger partial charge is 0.559 e. The van der Waals surface area contributed by atoms with Gasteiger partial charge in [0.2, 0.25) is 0 Å². The molecule has 0 rings (SSSR count). The zero-order chi connectivity index (χ0) is 6.50. The summed E-state index contributed by atoms with van der Waals surface area (Å²) in [7, 11) is 0.500. The average molecular weight is 122 g/mol. The molecule has 0 radical (unpaired) electrons. The third-order valence-electron chi connectivity index (χ3n) is 0. The van der Waals surface area contributed by atoms with Gasteiger partial charge >= 0.3 is 6.43 Å². The monoisotopic (exact) mass is 122 g/mol. The van der Waals surface area contributed by atoms with Gasteiger partial charge in [-0.15, -0.1) is 17.6 Å². The average Bonchev–Trinajstić information content (AvgIpc) is 1.36. The molecule has 0 nitrogen and oxygen atoms in total. The highest BCUT2D eigenvalue weighted by molar-refractivity contribution is 4.08. The summed E-state index contributed by atoms with van der Waals surface area (Å²) in [5, 5.41) is 0. The zero-order valence-corrected chi connectivity index (χ0v) is 3.39. The summed E-state index contributed by atoms with van der Waals surface area (Å²) in [6, 6.07) is 0. The first-order valence-corrected chi connectivity index (χ1v) is 1.13. The van der Waals surface area contributed by atoms with Crippen molar-refractivity contribution < 1.29 is 22.0 Å². The molecule has 0 aliphatic heterocycles. The van der Waals surface area contributed by atoms with Gasteiger partial charge in [-0.3, -0.25) is 4.39 Å². The predicted octanol–water partition coefficient (Wildman–Crippen LogP) is 2.06. The van der Waals surface area contributed by atoms with Crippen LogP contribution < -0.4 is 0 Å². The Labute approximate surface area is 36.9 Å². The highest BCUT2D eigenvalue weighted by atomic mass is 19.5. The van der Waals surface area contributed by atoms with E-state index in [0.717, 1.165) is 0 Å². The Bertz CT molecular complexity index is 21.6. The summed E-state index contributed by atoms with van der Waals surface area (Å²) in [6.07, 6.45) is -5.50. The Kier molecular flexibility index (Phi) is 5.37. The van der Waals surface area contributed by atoms with Crippen molar-refractivity contribution in [2.24, 2.45) is 0 Å². The van der Waals surface area contributed by atoms with E-state index in [9.17, 15) is 22.0 Å². The molecule has 0 saturated carbocycles. The summed E-state index contributed by atoms with van der Waals surface area (Å²) < 4.78 is 48.2. The molecule has 0 heterocycles. The quantitative estimate of drug-likeness (QED) is 0.431. The number of hydrogen-bond acceptors (Lipinski definition) is 0. The smallest absolute Gasteiger partial charge is 0.255 e. The topological polar surface area (TPSA) is 0 Å². The second-order valence-corrected chi connectivity index (χ2v) is 0.429. The fourth-order valence-corrected chi connectivity index (χ4v) is 0. The standard InChI is InChI=1S/CF4.CH3F/c2-1(3,4)5;1-2/h;1H3. The van der Waals surface area contributed by atoms with Crippen LogP contribution in [0.2, 0.25) is 0 Å². The van der Waals surface area contributed by atoms with Gasteiger partial charge in [-0.25, -0.2) is 0 Å². The van der Waals surface area contributed by atoms with Gasteiger partial charge in [-0.1, -0.05) is 0 Å². The first-order chi connectivity index (χ1) is 3.00. The Morgan fingerprint density at radius 1 is 0.857 bits per heavy atom. The molecule has 5 heteroatoms. The lowest BCUT2D eigenvalue weighted by atomic mass is 11.5. The molecule has 0 unspecified atom stereocenters. The van der Waals surface area contributed by atoms with Crippen LogP contribution in [0.15, 0.2) is 0 Å². The van der Waals surface area contributed by atoms with Crippen LogP contribution >= 0.6 is 0 Å². The van der Waals surface area contributed by atoms with Crippen molar-refractivity contribution in [3.8, 4) is 0 Å². The minimum atomic E-state index is -5.50. The maximum Gasteiger partial charge on any atom is 0.559 e. The molecule has 0 saturated heterocycles. The van der Waals surface area contributed by atoms with Crippen LogP contribution in [-0.4, -0.2) is 13.6 Å². The van der Waals surface area contributed by atoms with Gasteiger partial charge in [0.25, 0.3) is 0 Å². The van der Waals surface area contributed by atoms with Crippen molar-refractivity contribution in [3.63, 3.8) is 0 Å². The molecule has 0 N–H and O–H groups in total. The van der Waals surface area contributed by atoms with Crippen LogP contribution in [0.3, 0.4) is 0 Å². The van der Waals surface area contributed by atoms with E-state index in [1.54, 1.807) is 0 Å². The molecule has 0 bridgehead atoms. The lowest BCUT2D eigenvalue weighted by Gasteiger charge is -1.82. The SMILES string of the molecule is CF.FC(F)(F)F. The highest BCUT2D eigenvalue weighted by Gasteiger charge is 2.24. The molecule has 0 aromatic carbocycles. The molecular formula is C2H3F5. The van der Waals surface area contributed by atoms with E-state index in [4.69, 9.17) is 0 Å². The van der Waals surface area contributed by atoms with Crippen molar-refractivity contribution in [1.29, 1.82) is 0 Å². The molecule has 0 aromatic heterocycles. The van der Waals surface area contributed by atoms with Crippen LogP contribution in [0.5, 0.6) is 0 Å². The Hall–Kier alpha value is -0.350. The molecule has 7 heavy (non-hydrogen) atoms. The lowest BCUT2D eigenvalue weighted by Crippen LogP contribution is -1.92. The molecule has 46 valence electrons. The first-order valence-electron chi connectivity index (χ1n) is 1.13. The summed E-state index contributed by atoms with van der Waals surface area (Å²) in [4.78, 5) is 0. The van der Waals surface area contributed by atoms with Crippen LogP contribution in [-0.2, 0) is 0 Å². The molecule has 0 aromatic rings. The van der Waals surface area contributed by atoms with E-state index in [2.05, 4.69) is 0 Å². The van der Waals surface area contributed by atoms with Crippen LogP contribution in [0.25, 0.3) is 0 Å². The third-order valence-corrected chi connectivity index (χ3v) is 0. The molecule has 0 amide bonds. The minimum absolute atomic E-state index is 0.500. The van der Waals surface area contributed by atoms with Gasteiger partial charge in [0.1, 0.15) is 0 Å². The Balaban J connectivity index is 0. The van der Waals surface area contributed by atoms with Gasteiger partial charge < -0.3 is 0 Å². The molecule has 0 aliphatic rings. The van der Waals surface area contributed by atoms with Gasteiger partial charge in [-0.2, -0.15) is 0 Å². The van der Waals surface area contributed by atoms with Crippen LogP contribution in [0.4, 0.5) is 22.0 Å². The summed E-state index contributed by atoms with van der Waals surface area (Å²) in [5.74, 6) is 0. The Morgan fingerprint density at radius 3 is 0.857 bits per heavy atom. The van der Waals surface area contributed by atoms with E-state index >= 15 is 0 Å². The maximum atomic E-state index is 9.69. The second kappa shape index (κ2) is 3.83. The van der Waals surface area contributed by atoms with Gasteiger partial charge in [0.15, 0.2) is 0 Å². The van der Waals surface area contributed by atoms with Crippen molar-refractivity contribution in [2.75, 3.05) is 7.18 Å². The van der Waals surface area contributed by atoms with Crippen molar-refractivity contribution in [3.05, 3.63) is 0 Å². The Morgan fingerprint density at radius 2 is 0.857 bits per heavy atom. The lowest BCUT2D eigenvalue weighted by molar-refractivity contribution is -0.237. The van der Waals surface area contributed by atoms with Crippen molar-refractivity contribution in [2.45, 2.75) is 6.43 Å². The molecule has 0 fully saturated rings. The van der Waals surface area contributed by atoms with E-state index in [-0.39, 0.29) is 0 Å². The van der Waals surface area contributed by atoms with E-state index < -0.39 is 6.43 Å². The number of halogens is 5. The predicted molar refractivity (Wildman–Crippen MR) is 14.2 cm³/mol. The highest BCUT2D eigenvalue weighted by Crippen LogP contribution is 2.13. The van der Waals surface area contributed by atoms with Gasteiger partial charge in [0.05, 0.1) is 7.18 Å².